The zero-order valence-corrected chi connectivity index (χ0v) is 7.54. The monoisotopic (exact) mass is 202 g/mol. The second-order valence-corrected chi connectivity index (χ2v) is 2.58. The van der Waals surface area contributed by atoms with Crippen LogP contribution in [0.2, 0.25) is 0 Å². The third-order valence-corrected chi connectivity index (χ3v) is 1.72. The minimum atomic E-state index is -4.33. The molecule has 5 heteroatoms. The third-order valence-electron chi connectivity index (χ3n) is 1.72. The molecule has 1 heterocycles. The van der Waals surface area contributed by atoms with E-state index in [9.17, 15) is 13.2 Å². The van der Waals surface area contributed by atoms with Gasteiger partial charge in [0.15, 0.2) is 0 Å². The maximum absolute atomic E-state index is 12.3. The van der Waals surface area contributed by atoms with Crippen LogP contribution < -0.4 is 5.49 Å². The van der Waals surface area contributed by atoms with Gasteiger partial charge in [0.05, 0.1) is 5.56 Å². The first kappa shape index (κ1) is 10.6. The van der Waals surface area contributed by atoms with Gasteiger partial charge in [-0.2, -0.15) is 13.2 Å². The van der Waals surface area contributed by atoms with Gasteiger partial charge in [-0.05, 0) is 12.1 Å². The Bertz CT molecular complexity index is 401. The van der Waals surface area contributed by atoms with Gasteiger partial charge in [0.2, 0.25) is 0 Å². The summed E-state index contributed by atoms with van der Waals surface area (Å²) in [7, 11) is 1.43. The van der Waals surface area contributed by atoms with Gasteiger partial charge in [0.25, 0.3) is 0 Å². The number of nitrogens with zero attached hydrogens (tertiary/aromatic N) is 2. The van der Waals surface area contributed by atoms with Crippen molar-refractivity contribution in [3.05, 3.63) is 36.0 Å². The minimum Gasteiger partial charge on any atom is -0.310 e. The molecule has 0 fully saturated rings. The molecule has 0 saturated heterocycles. The number of aromatic nitrogens is 1. The first-order valence-corrected chi connectivity index (χ1v) is 3.84. The average molecular weight is 202 g/mol. The highest BCUT2D eigenvalue weighted by Crippen LogP contribution is 2.27. The molecule has 0 amide bonds. The molecule has 0 aliphatic carbocycles. The largest absolute Gasteiger partial charge is 0.416 e. The molecule has 0 radical (unpaired) electrons. The summed E-state index contributed by atoms with van der Waals surface area (Å²) in [4.78, 5) is 3.71. The molecule has 0 bridgehead atoms. The maximum Gasteiger partial charge on any atom is 0.416 e. The summed E-state index contributed by atoms with van der Waals surface area (Å²) in [6, 6.07) is 1.96. The van der Waals surface area contributed by atoms with Crippen LogP contribution in [0.1, 0.15) is 5.56 Å². The van der Waals surface area contributed by atoms with E-state index in [0.29, 0.717) is 0 Å². The van der Waals surface area contributed by atoms with Crippen LogP contribution in [0.3, 0.4) is 0 Å². The Kier molecular flexibility index (Phi) is 2.78. The average Bonchev–Trinajstić information content (AvgIpc) is 2.15. The van der Waals surface area contributed by atoms with Crippen molar-refractivity contribution in [2.24, 2.45) is 4.99 Å². The molecule has 0 saturated carbocycles. The van der Waals surface area contributed by atoms with E-state index in [4.69, 9.17) is 0 Å². The molecule has 0 atom stereocenters. The lowest BCUT2D eigenvalue weighted by atomic mass is 10.2. The van der Waals surface area contributed by atoms with Crippen LogP contribution in [0.25, 0.3) is 6.20 Å². The highest BCUT2D eigenvalue weighted by molar-refractivity contribution is 5.22. The summed E-state index contributed by atoms with van der Waals surface area (Å²) < 4.78 is 38.2. The van der Waals surface area contributed by atoms with Crippen molar-refractivity contribution < 1.29 is 13.2 Å². The smallest absolute Gasteiger partial charge is 0.310 e. The summed E-state index contributed by atoms with van der Waals surface area (Å²) in [5.41, 5.74) is -0.494. The molecule has 0 aliphatic rings. The predicted molar refractivity (Wildman–Crippen MR) is 47.3 cm³/mol. The lowest BCUT2D eigenvalue weighted by molar-refractivity contribution is -0.137. The van der Waals surface area contributed by atoms with E-state index in [0.717, 1.165) is 12.1 Å². The van der Waals surface area contributed by atoms with Crippen LogP contribution in [0, 0.1) is 0 Å². The lowest BCUT2D eigenvalue weighted by Gasteiger charge is -2.07. The first-order chi connectivity index (χ1) is 6.49. The fourth-order valence-electron chi connectivity index (χ4n) is 1.01. The normalized spacial score (nSPS) is 13.0. The molecule has 1 aromatic rings. The van der Waals surface area contributed by atoms with Crippen LogP contribution in [0.4, 0.5) is 13.2 Å². The van der Waals surface area contributed by atoms with Gasteiger partial charge in [-0.25, -0.2) is 0 Å². The van der Waals surface area contributed by atoms with Crippen molar-refractivity contribution in [1.29, 1.82) is 0 Å². The van der Waals surface area contributed by atoms with E-state index in [2.05, 4.69) is 11.6 Å². The van der Waals surface area contributed by atoms with Gasteiger partial charge in [-0.15, -0.1) is 0 Å². The summed E-state index contributed by atoms with van der Waals surface area (Å²) in [6.45, 7) is 3.45. The molecule has 14 heavy (non-hydrogen) atoms. The van der Waals surface area contributed by atoms with E-state index in [1.807, 2.05) is 0 Å². The molecule has 0 aromatic carbocycles. The Morgan fingerprint density at radius 3 is 2.57 bits per heavy atom. The number of pyridine rings is 1. The second kappa shape index (κ2) is 3.69. The fourth-order valence-corrected chi connectivity index (χ4v) is 1.01. The third kappa shape index (κ3) is 2.04. The standard InChI is InChI=1S/C9H9F3N2/c1-3-14-5-4-7(9(10,11)12)6-8(14)13-2/h3-6H,1H2,2H3. The molecule has 2 nitrogen and oxygen atoms in total. The lowest BCUT2D eigenvalue weighted by Crippen LogP contribution is -2.19. The zero-order chi connectivity index (χ0) is 10.8. The quantitative estimate of drug-likeness (QED) is 0.663. The van der Waals surface area contributed by atoms with Crippen LogP contribution in [0.5, 0.6) is 0 Å². The molecule has 0 spiro atoms. The number of alkyl halides is 3. The summed E-state index contributed by atoms with van der Waals surface area (Å²) in [5.74, 6) is 0. The van der Waals surface area contributed by atoms with Crippen LogP contribution in [-0.4, -0.2) is 11.6 Å². The van der Waals surface area contributed by atoms with E-state index < -0.39 is 11.7 Å². The van der Waals surface area contributed by atoms with Crippen LogP contribution in [-0.2, 0) is 6.18 Å². The summed E-state index contributed by atoms with van der Waals surface area (Å²) in [6.07, 6.45) is -1.67. The van der Waals surface area contributed by atoms with Gasteiger partial charge in [0, 0.05) is 19.4 Å². The molecular formula is C9H9F3N2. The molecular weight excluding hydrogens is 193 g/mol. The van der Waals surface area contributed by atoms with Gasteiger partial charge in [0.1, 0.15) is 5.49 Å². The van der Waals surface area contributed by atoms with E-state index >= 15 is 0 Å². The van der Waals surface area contributed by atoms with Crippen LogP contribution >= 0.6 is 0 Å². The molecule has 0 aliphatic heterocycles. The van der Waals surface area contributed by atoms with E-state index in [1.165, 1.54) is 24.0 Å². The Hall–Kier alpha value is -1.52. The summed E-state index contributed by atoms with van der Waals surface area (Å²) in [5, 5.41) is 0. The number of rotatable bonds is 1. The molecule has 0 unspecified atom stereocenters. The van der Waals surface area contributed by atoms with E-state index in [-0.39, 0.29) is 5.49 Å². The maximum atomic E-state index is 12.3. The Morgan fingerprint density at radius 2 is 2.14 bits per heavy atom. The fraction of sp³-hybridized carbons (Fsp3) is 0.222. The summed E-state index contributed by atoms with van der Waals surface area (Å²) >= 11 is 0. The Labute approximate surface area is 79.0 Å². The highest BCUT2D eigenvalue weighted by atomic mass is 19.4. The molecule has 76 valence electrons. The molecule has 1 rings (SSSR count). The van der Waals surface area contributed by atoms with Gasteiger partial charge in [-0.3, -0.25) is 4.99 Å². The van der Waals surface area contributed by atoms with Gasteiger partial charge >= 0.3 is 6.18 Å². The van der Waals surface area contributed by atoms with E-state index in [1.54, 1.807) is 0 Å². The predicted octanol–water partition coefficient (Wildman–Crippen LogP) is 2.14. The Morgan fingerprint density at radius 1 is 1.50 bits per heavy atom. The van der Waals surface area contributed by atoms with Crippen molar-refractivity contribution >= 4 is 6.20 Å². The van der Waals surface area contributed by atoms with Crippen molar-refractivity contribution in [2.45, 2.75) is 6.18 Å². The molecule has 0 N–H and O–H groups in total. The first-order valence-electron chi connectivity index (χ1n) is 3.84. The Balaban J connectivity index is 3.36. The highest BCUT2D eigenvalue weighted by Gasteiger charge is 2.30. The van der Waals surface area contributed by atoms with Crippen molar-refractivity contribution in [1.82, 2.24) is 4.57 Å². The van der Waals surface area contributed by atoms with Crippen molar-refractivity contribution in [2.75, 3.05) is 7.05 Å². The minimum absolute atomic E-state index is 0.217. The van der Waals surface area contributed by atoms with Crippen LogP contribution in [0.15, 0.2) is 29.9 Å². The van der Waals surface area contributed by atoms with Crippen molar-refractivity contribution in [3.63, 3.8) is 0 Å². The second-order valence-electron chi connectivity index (χ2n) is 2.58. The molecule has 1 aromatic heterocycles. The SMILES string of the molecule is C=Cn1ccc(C(F)(F)F)cc1=NC. The van der Waals surface area contributed by atoms with Gasteiger partial charge < -0.3 is 4.57 Å². The van der Waals surface area contributed by atoms with Gasteiger partial charge in [-0.1, -0.05) is 6.58 Å². The van der Waals surface area contributed by atoms with Crippen molar-refractivity contribution in [3.8, 4) is 0 Å². The zero-order valence-electron chi connectivity index (χ0n) is 7.54. The number of hydrogen-bond acceptors (Lipinski definition) is 1. The number of hydrogen-bond donors (Lipinski definition) is 0. The topological polar surface area (TPSA) is 17.3 Å². The number of halogens is 3.